The van der Waals surface area contributed by atoms with E-state index < -0.39 is 0 Å². The van der Waals surface area contributed by atoms with E-state index in [9.17, 15) is 4.79 Å². The summed E-state index contributed by atoms with van der Waals surface area (Å²) in [4.78, 5) is 12.4. The average molecular weight is 278 g/mol. The van der Waals surface area contributed by atoms with Crippen LogP contribution in [0.2, 0.25) is 0 Å². The smallest absolute Gasteiger partial charge is 0.228 e. The zero-order valence-corrected chi connectivity index (χ0v) is 12.1. The number of carbonyl (C=O) groups excluding carboxylic acids is 1. The number of benzene rings is 1. The minimum atomic E-state index is 0.0337. The lowest BCUT2D eigenvalue weighted by Gasteiger charge is -2.12. The normalized spacial score (nSPS) is 19.6. The predicted octanol–water partition coefficient (Wildman–Crippen LogP) is 2.31. The fourth-order valence-corrected chi connectivity index (χ4v) is 2.21. The Morgan fingerprint density at radius 1 is 1.53 bits per heavy atom. The highest BCUT2D eigenvalue weighted by atomic mass is 32.1. The van der Waals surface area contributed by atoms with E-state index in [1.807, 2.05) is 0 Å². The summed E-state index contributed by atoms with van der Waals surface area (Å²) in [5.74, 6) is 0.677. The van der Waals surface area contributed by atoms with Crippen LogP contribution in [0.3, 0.4) is 0 Å². The second-order valence-corrected chi connectivity index (χ2v) is 5.95. The Morgan fingerprint density at radius 2 is 2.16 bits per heavy atom. The van der Waals surface area contributed by atoms with E-state index in [0.29, 0.717) is 16.4 Å². The molecule has 1 saturated carbocycles. The highest BCUT2D eigenvalue weighted by Gasteiger charge is 2.50. The van der Waals surface area contributed by atoms with Crippen molar-refractivity contribution in [1.29, 1.82) is 0 Å². The minimum absolute atomic E-state index is 0.0337. The van der Waals surface area contributed by atoms with Crippen molar-refractivity contribution in [3.8, 4) is 5.75 Å². The van der Waals surface area contributed by atoms with Crippen LogP contribution in [0.25, 0.3) is 0 Å². The number of ether oxygens (including phenoxy) is 1. The molecule has 0 spiro atoms. The van der Waals surface area contributed by atoms with Gasteiger partial charge in [-0.15, -0.1) is 0 Å². The first-order valence-corrected chi connectivity index (χ1v) is 6.54. The third kappa shape index (κ3) is 2.87. The summed E-state index contributed by atoms with van der Waals surface area (Å²) in [7, 11) is 1.55. The van der Waals surface area contributed by atoms with Gasteiger partial charge in [0.1, 0.15) is 10.7 Å². The van der Waals surface area contributed by atoms with Gasteiger partial charge in [0.2, 0.25) is 5.91 Å². The molecule has 0 heterocycles. The number of rotatable bonds is 4. The Bertz CT molecular complexity index is 540. The van der Waals surface area contributed by atoms with Crippen molar-refractivity contribution in [2.75, 3.05) is 12.4 Å². The summed E-state index contributed by atoms with van der Waals surface area (Å²) in [6.07, 6.45) is 0.923. The van der Waals surface area contributed by atoms with Gasteiger partial charge in [-0.05, 0) is 30.0 Å². The number of hydrogen-bond donors (Lipinski definition) is 2. The molecule has 1 aliphatic carbocycles. The van der Waals surface area contributed by atoms with E-state index in [1.165, 1.54) is 0 Å². The number of nitrogens with two attached hydrogens (primary N) is 1. The molecule has 3 N–H and O–H groups in total. The molecule has 1 aromatic rings. The quantitative estimate of drug-likeness (QED) is 0.830. The van der Waals surface area contributed by atoms with Crippen molar-refractivity contribution in [3.05, 3.63) is 23.8 Å². The minimum Gasteiger partial charge on any atom is -0.495 e. The van der Waals surface area contributed by atoms with Crippen LogP contribution in [0.1, 0.15) is 25.8 Å². The molecule has 1 atom stereocenters. The highest BCUT2D eigenvalue weighted by Crippen LogP contribution is 2.52. The van der Waals surface area contributed by atoms with E-state index in [4.69, 9.17) is 22.7 Å². The van der Waals surface area contributed by atoms with Gasteiger partial charge in [-0.25, -0.2) is 0 Å². The summed E-state index contributed by atoms with van der Waals surface area (Å²) in [5.41, 5.74) is 7.05. The first-order chi connectivity index (χ1) is 8.85. The summed E-state index contributed by atoms with van der Waals surface area (Å²) in [6.45, 7) is 4.18. The number of thiocarbonyl (C=S) groups is 1. The second kappa shape index (κ2) is 4.81. The van der Waals surface area contributed by atoms with Crippen LogP contribution in [-0.4, -0.2) is 18.0 Å². The number of hydrogen-bond acceptors (Lipinski definition) is 3. The molecule has 0 aromatic heterocycles. The van der Waals surface area contributed by atoms with Crippen molar-refractivity contribution in [3.63, 3.8) is 0 Å². The third-order valence-corrected chi connectivity index (χ3v) is 3.81. The van der Waals surface area contributed by atoms with Gasteiger partial charge in [-0.1, -0.05) is 26.1 Å². The van der Waals surface area contributed by atoms with Gasteiger partial charge in [0.05, 0.1) is 12.8 Å². The summed E-state index contributed by atoms with van der Waals surface area (Å²) >= 11 is 4.92. The van der Waals surface area contributed by atoms with Crippen molar-refractivity contribution in [2.45, 2.75) is 20.3 Å². The second-order valence-electron chi connectivity index (χ2n) is 5.51. The molecular weight excluding hydrogens is 260 g/mol. The first kappa shape index (κ1) is 13.8. The van der Waals surface area contributed by atoms with E-state index in [0.717, 1.165) is 12.0 Å². The number of anilines is 1. The SMILES string of the molecule is COc1cc(C(N)=S)ccc1NC(=O)C1CC1(C)C. The van der Waals surface area contributed by atoms with Crippen LogP contribution in [0, 0.1) is 11.3 Å². The van der Waals surface area contributed by atoms with Gasteiger partial charge in [0.15, 0.2) is 0 Å². The predicted molar refractivity (Wildman–Crippen MR) is 79.4 cm³/mol. The summed E-state index contributed by atoms with van der Waals surface area (Å²) in [6, 6.07) is 5.27. The van der Waals surface area contributed by atoms with Gasteiger partial charge in [-0.3, -0.25) is 4.79 Å². The van der Waals surface area contributed by atoms with E-state index in [1.54, 1.807) is 25.3 Å². The van der Waals surface area contributed by atoms with Crippen LogP contribution in [0.4, 0.5) is 5.69 Å². The van der Waals surface area contributed by atoms with E-state index in [-0.39, 0.29) is 17.2 Å². The molecule has 0 aliphatic heterocycles. The third-order valence-electron chi connectivity index (χ3n) is 3.57. The first-order valence-electron chi connectivity index (χ1n) is 6.14. The molecule has 1 aliphatic rings. The van der Waals surface area contributed by atoms with Gasteiger partial charge in [0, 0.05) is 11.5 Å². The number of carbonyl (C=O) groups is 1. The van der Waals surface area contributed by atoms with Crippen LogP contribution >= 0.6 is 12.2 Å². The van der Waals surface area contributed by atoms with Crippen molar-refractivity contribution >= 4 is 28.8 Å². The maximum Gasteiger partial charge on any atom is 0.228 e. The molecular formula is C14H18N2O2S. The number of amides is 1. The fourth-order valence-electron chi connectivity index (χ4n) is 2.08. The lowest BCUT2D eigenvalue weighted by Crippen LogP contribution is -2.17. The molecule has 102 valence electrons. The molecule has 1 unspecified atom stereocenters. The average Bonchev–Trinajstić information content (AvgIpc) is 2.98. The van der Waals surface area contributed by atoms with Crippen molar-refractivity contribution in [2.24, 2.45) is 17.1 Å². The Morgan fingerprint density at radius 3 is 2.63 bits per heavy atom. The number of methoxy groups -OCH3 is 1. The Kier molecular flexibility index (Phi) is 3.49. The fraction of sp³-hybridized carbons (Fsp3) is 0.429. The highest BCUT2D eigenvalue weighted by molar-refractivity contribution is 7.80. The molecule has 0 saturated heterocycles. The Labute approximate surface area is 118 Å². The molecule has 5 heteroatoms. The lowest BCUT2D eigenvalue weighted by molar-refractivity contribution is -0.118. The van der Waals surface area contributed by atoms with Crippen LogP contribution < -0.4 is 15.8 Å². The van der Waals surface area contributed by atoms with Crippen molar-refractivity contribution in [1.82, 2.24) is 0 Å². The molecule has 1 fully saturated rings. The Hall–Kier alpha value is -1.62. The topological polar surface area (TPSA) is 64.3 Å². The molecule has 4 nitrogen and oxygen atoms in total. The maximum absolute atomic E-state index is 12.1. The molecule has 0 bridgehead atoms. The summed E-state index contributed by atoms with van der Waals surface area (Å²) < 4.78 is 5.26. The van der Waals surface area contributed by atoms with Gasteiger partial charge in [-0.2, -0.15) is 0 Å². The standard InChI is InChI=1S/C14H18N2O2S/c1-14(2)7-9(14)13(17)16-10-5-4-8(12(15)19)6-11(10)18-3/h4-6,9H,7H2,1-3H3,(H2,15,19)(H,16,17). The number of nitrogens with one attached hydrogen (secondary N) is 1. The molecule has 19 heavy (non-hydrogen) atoms. The molecule has 1 aromatic carbocycles. The zero-order chi connectivity index (χ0) is 14.2. The largest absolute Gasteiger partial charge is 0.495 e. The van der Waals surface area contributed by atoms with Crippen molar-refractivity contribution < 1.29 is 9.53 Å². The maximum atomic E-state index is 12.1. The lowest BCUT2D eigenvalue weighted by atomic mass is 10.1. The van der Waals surface area contributed by atoms with Crippen LogP contribution in [-0.2, 0) is 4.79 Å². The summed E-state index contributed by atoms with van der Waals surface area (Å²) in [5, 5.41) is 2.90. The van der Waals surface area contributed by atoms with Gasteiger partial charge < -0.3 is 15.8 Å². The van der Waals surface area contributed by atoms with E-state index in [2.05, 4.69) is 19.2 Å². The van der Waals surface area contributed by atoms with Gasteiger partial charge in [0.25, 0.3) is 0 Å². The zero-order valence-electron chi connectivity index (χ0n) is 11.3. The molecule has 2 rings (SSSR count). The van der Waals surface area contributed by atoms with E-state index >= 15 is 0 Å². The van der Waals surface area contributed by atoms with Crippen LogP contribution in [0.5, 0.6) is 5.75 Å². The van der Waals surface area contributed by atoms with Crippen LogP contribution in [0.15, 0.2) is 18.2 Å². The molecule has 0 radical (unpaired) electrons. The van der Waals surface area contributed by atoms with Gasteiger partial charge >= 0.3 is 0 Å². The monoisotopic (exact) mass is 278 g/mol. The molecule has 1 amide bonds. The Balaban J connectivity index is 2.16.